The summed E-state index contributed by atoms with van der Waals surface area (Å²) < 4.78 is 0. The van der Waals surface area contributed by atoms with E-state index >= 15 is 0 Å². The molecule has 1 aliphatic heterocycles. The third-order valence-corrected chi connectivity index (χ3v) is 3.85. The number of likely N-dealkylation sites (N-methyl/N-ethyl adjacent to an activating group) is 1. The molecule has 1 fully saturated rings. The molecule has 0 bridgehead atoms. The fourth-order valence-corrected chi connectivity index (χ4v) is 2.76. The van der Waals surface area contributed by atoms with Crippen molar-refractivity contribution in [1.29, 1.82) is 0 Å². The summed E-state index contributed by atoms with van der Waals surface area (Å²) in [7, 11) is 1.82. The van der Waals surface area contributed by atoms with E-state index < -0.39 is 12.1 Å². The number of nitrogens with zero attached hydrogens (tertiary/aromatic N) is 2. The van der Waals surface area contributed by atoms with Crippen LogP contribution < -0.4 is 0 Å². The molecule has 0 unspecified atom stereocenters. The predicted octanol–water partition coefficient (Wildman–Crippen LogP) is 1.38. The van der Waals surface area contributed by atoms with Gasteiger partial charge in [-0.25, -0.2) is 0 Å². The minimum atomic E-state index is -1.32. The Morgan fingerprint density at radius 3 is 2.67 bits per heavy atom. The molecular weight excluding hydrogens is 256 g/mol. The lowest BCUT2D eigenvalue weighted by atomic mass is 9.83. The Morgan fingerprint density at radius 2 is 2.17 bits per heavy atom. The van der Waals surface area contributed by atoms with Crippen molar-refractivity contribution in [2.45, 2.75) is 11.5 Å². The zero-order chi connectivity index (χ0) is 13.3. The number of hydrogen-bond donors (Lipinski definition) is 1. The number of nitro groups is 1. The first-order chi connectivity index (χ1) is 8.49. The van der Waals surface area contributed by atoms with Crippen LogP contribution in [0.4, 0.5) is 0 Å². The van der Waals surface area contributed by atoms with Crippen molar-refractivity contribution in [1.82, 2.24) is 4.90 Å². The Bertz CT molecular complexity index is 451. The SMILES string of the molecule is CN1C[C@H](c2ccc(Cl)cc2)[C@@](CO)([N+](=O)[O-])C1. The first-order valence-corrected chi connectivity index (χ1v) is 6.07. The van der Waals surface area contributed by atoms with Gasteiger partial charge < -0.3 is 5.11 Å². The van der Waals surface area contributed by atoms with Crippen molar-refractivity contribution in [3.63, 3.8) is 0 Å². The molecule has 1 heterocycles. The lowest BCUT2D eigenvalue weighted by Crippen LogP contribution is -2.48. The monoisotopic (exact) mass is 270 g/mol. The van der Waals surface area contributed by atoms with Gasteiger partial charge in [-0.15, -0.1) is 0 Å². The van der Waals surface area contributed by atoms with Crippen molar-refractivity contribution in [3.8, 4) is 0 Å². The summed E-state index contributed by atoms with van der Waals surface area (Å²) >= 11 is 5.82. The van der Waals surface area contributed by atoms with E-state index in [1.165, 1.54) is 0 Å². The summed E-state index contributed by atoms with van der Waals surface area (Å²) in [5, 5.41) is 21.4. The molecule has 2 rings (SSSR count). The van der Waals surface area contributed by atoms with Crippen molar-refractivity contribution in [2.24, 2.45) is 0 Å². The van der Waals surface area contributed by atoms with Crippen LogP contribution in [0.15, 0.2) is 24.3 Å². The van der Waals surface area contributed by atoms with Crippen LogP contribution in [0.5, 0.6) is 0 Å². The molecule has 2 atom stereocenters. The van der Waals surface area contributed by atoms with Crippen LogP contribution in [-0.4, -0.2) is 47.2 Å². The highest BCUT2D eigenvalue weighted by molar-refractivity contribution is 6.30. The molecule has 5 nitrogen and oxygen atoms in total. The van der Waals surface area contributed by atoms with Crippen LogP contribution in [0, 0.1) is 10.1 Å². The highest BCUT2D eigenvalue weighted by Gasteiger charge is 2.56. The van der Waals surface area contributed by atoms with E-state index in [9.17, 15) is 15.2 Å². The third-order valence-electron chi connectivity index (χ3n) is 3.60. The van der Waals surface area contributed by atoms with Gasteiger partial charge in [0.05, 0.1) is 12.5 Å². The molecule has 6 heteroatoms. The summed E-state index contributed by atoms with van der Waals surface area (Å²) in [6.07, 6.45) is 0. The highest BCUT2D eigenvalue weighted by Crippen LogP contribution is 2.37. The van der Waals surface area contributed by atoms with Crippen molar-refractivity contribution in [3.05, 3.63) is 45.0 Å². The molecule has 1 aromatic rings. The van der Waals surface area contributed by atoms with Crippen LogP contribution in [0.2, 0.25) is 5.02 Å². The zero-order valence-electron chi connectivity index (χ0n) is 10.0. The van der Waals surface area contributed by atoms with Gasteiger partial charge in [-0.2, -0.15) is 0 Å². The van der Waals surface area contributed by atoms with Crippen LogP contribution in [0.3, 0.4) is 0 Å². The summed E-state index contributed by atoms with van der Waals surface area (Å²) in [5.74, 6) is -0.320. The lowest BCUT2D eigenvalue weighted by Gasteiger charge is -2.24. The molecule has 1 aliphatic rings. The molecule has 0 aliphatic carbocycles. The molecule has 18 heavy (non-hydrogen) atoms. The average molecular weight is 271 g/mol. The van der Waals surface area contributed by atoms with Crippen LogP contribution in [0.1, 0.15) is 11.5 Å². The fraction of sp³-hybridized carbons (Fsp3) is 0.500. The second kappa shape index (κ2) is 4.84. The Balaban J connectivity index is 2.41. The summed E-state index contributed by atoms with van der Waals surface area (Å²) in [4.78, 5) is 12.9. The van der Waals surface area contributed by atoms with Crippen molar-refractivity contribution in [2.75, 3.05) is 26.7 Å². The average Bonchev–Trinajstić information content (AvgIpc) is 2.68. The Hall–Kier alpha value is -1.17. The van der Waals surface area contributed by atoms with Crippen molar-refractivity contribution < 1.29 is 10.0 Å². The lowest BCUT2D eigenvalue weighted by molar-refractivity contribution is -0.572. The van der Waals surface area contributed by atoms with Gasteiger partial charge in [0.1, 0.15) is 6.61 Å². The second-order valence-electron chi connectivity index (χ2n) is 4.82. The van der Waals surface area contributed by atoms with E-state index in [1.54, 1.807) is 24.3 Å². The highest BCUT2D eigenvalue weighted by atomic mass is 35.5. The van der Waals surface area contributed by atoms with E-state index in [4.69, 9.17) is 11.6 Å². The molecule has 1 saturated heterocycles. The molecule has 98 valence electrons. The topological polar surface area (TPSA) is 66.6 Å². The molecule has 0 aromatic heterocycles. The van der Waals surface area contributed by atoms with Gasteiger partial charge >= 0.3 is 0 Å². The van der Waals surface area contributed by atoms with Gasteiger partial charge in [-0.1, -0.05) is 23.7 Å². The van der Waals surface area contributed by atoms with Gasteiger partial charge in [-0.3, -0.25) is 15.0 Å². The van der Waals surface area contributed by atoms with E-state index in [2.05, 4.69) is 0 Å². The standard InChI is InChI=1S/C12H15ClN2O3/c1-14-6-11(9-2-4-10(13)5-3-9)12(7-14,8-16)15(17)18/h2-5,11,16H,6-8H2,1H3/t11-,12-/m1/s1. The van der Waals surface area contributed by atoms with Crippen LogP contribution in [-0.2, 0) is 0 Å². The normalized spacial score (nSPS) is 28.5. The van der Waals surface area contributed by atoms with E-state index in [0.717, 1.165) is 5.56 Å². The van der Waals surface area contributed by atoms with Gasteiger partial charge in [0.15, 0.2) is 0 Å². The first kappa shape index (κ1) is 13.3. The summed E-state index contributed by atoms with van der Waals surface area (Å²) in [6.45, 7) is 0.352. The predicted molar refractivity (Wildman–Crippen MR) is 68.5 cm³/mol. The van der Waals surface area contributed by atoms with Gasteiger partial charge in [-0.05, 0) is 24.7 Å². The number of aliphatic hydroxyl groups is 1. The molecule has 0 amide bonds. The maximum Gasteiger partial charge on any atom is 0.265 e. The Labute approximate surface area is 110 Å². The number of halogens is 1. The molecule has 0 saturated carbocycles. The van der Waals surface area contributed by atoms with E-state index in [0.29, 0.717) is 11.6 Å². The van der Waals surface area contributed by atoms with Crippen LogP contribution >= 0.6 is 11.6 Å². The minimum Gasteiger partial charge on any atom is -0.389 e. The van der Waals surface area contributed by atoms with E-state index in [1.807, 2.05) is 11.9 Å². The van der Waals surface area contributed by atoms with E-state index in [-0.39, 0.29) is 17.4 Å². The Kier molecular flexibility index (Phi) is 3.56. The third kappa shape index (κ3) is 2.09. The fourth-order valence-electron chi connectivity index (χ4n) is 2.64. The number of likely N-dealkylation sites (tertiary alicyclic amines) is 1. The van der Waals surface area contributed by atoms with Gasteiger partial charge in [0.2, 0.25) is 0 Å². The molecule has 1 N–H and O–H groups in total. The van der Waals surface area contributed by atoms with Crippen LogP contribution in [0.25, 0.3) is 0 Å². The molecule has 1 aromatic carbocycles. The second-order valence-corrected chi connectivity index (χ2v) is 5.26. The van der Waals surface area contributed by atoms with Gasteiger partial charge in [0.25, 0.3) is 5.54 Å². The Morgan fingerprint density at radius 1 is 1.56 bits per heavy atom. The molecular formula is C12H15ClN2O3. The van der Waals surface area contributed by atoms with Crippen molar-refractivity contribution >= 4 is 11.6 Å². The number of benzene rings is 1. The summed E-state index contributed by atoms with van der Waals surface area (Å²) in [6, 6.07) is 7.02. The molecule has 0 radical (unpaired) electrons. The number of aliphatic hydroxyl groups excluding tert-OH is 1. The maximum atomic E-state index is 11.3. The first-order valence-electron chi connectivity index (χ1n) is 5.69. The number of rotatable bonds is 3. The zero-order valence-corrected chi connectivity index (χ0v) is 10.8. The number of hydrogen-bond acceptors (Lipinski definition) is 4. The smallest absolute Gasteiger partial charge is 0.265 e. The summed E-state index contributed by atoms with van der Waals surface area (Å²) in [5.41, 5.74) is -0.475. The largest absolute Gasteiger partial charge is 0.389 e. The maximum absolute atomic E-state index is 11.3. The van der Waals surface area contributed by atoms with Gasteiger partial charge in [0, 0.05) is 16.5 Å². The minimum absolute atomic E-state index is 0.254. The quantitative estimate of drug-likeness (QED) is 0.666. The molecule has 0 spiro atoms.